The van der Waals surface area contributed by atoms with Crippen molar-refractivity contribution < 1.29 is 18.3 Å². The van der Waals surface area contributed by atoms with Gasteiger partial charge < -0.3 is 5.11 Å². The standard InChI is InChI=1S/C12H10ClF3N2OS/c1-18-11(20-8-4-2-7(13)3-5-8)9(6-19)10(17-18)12(14,15)16/h2-5,19H,6H2,1H3. The van der Waals surface area contributed by atoms with Crippen molar-refractivity contribution in [2.45, 2.75) is 22.7 Å². The third-order valence-electron chi connectivity index (χ3n) is 2.54. The van der Waals surface area contributed by atoms with Gasteiger partial charge in [0.1, 0.15) is 5.03 Å². The lowest BCUT2D eigenvalue weighted by Crippen LogP contribution is -2.09. The average molecular weight is 323 g/mol. The van der Waals surface area contributed by atoms with E-state index in [1.807, 2.05) is 0 Å². The molecule has 0 fully saturated rings. The van der Waals surface area contributed by atoms with Crippen LogP contribution >= 0.6 is 23.4 Å². The molecule has 0 aliphatic carbocycles. The maximum Gasteiger partial charge on any atom is 0.435 e. The Hall–Kier alpha value is -1.18. The maximum atomic E-state index is 12.8. The largest absolute Gasteiger partial charge is 0.435 e. The lowest BCUT2D eigenvalue weighted by molar-refractivity contribution is -0.142. The van der Waals surface area contributed by atoms with Crippen molar-refractivity contribution in [1.82, 2.24) is 9.78 Å². The number of hydrogen-bond donors (Lipinski definition) is 1. The van der Waals surface area contributed by atoms with Gasteiger partial charge in [-0.05, 0) is 24.3 Å². The van der Waals surface area contributed by atoms with Gasteiger partial charge in [-0.25, -0.2) is 0 Å². The van der Waals surface area contributed by atoms with Crippen molar-refractivity contribution in [3.05, 3.63) is 40.5 Å². The highest BCUT2D eigenvalue weighted by Crippen LogP contribution is 2.38. The molecule has 1 aromatic heterocycles. The van der Waals surface area contributed by atoms with E-state index in [0.717, 1.165) is 16.4 Å². The average Bonchev–Trinajstić information content (AvgIpc) is 2.69. The van der Waals surface area contributed by atoms with Gasteiger partial charge >= 0.3 is 6.18 Å². The highest BCUT2D eigenvalue weighted by molar-refractivity contribution is 7.99. The summed E-state index contributed by atoms with van der Waals surface area (Å²) >= 11 is 6.85. The summed E-state index contributed by atoms with van der Waals surface area (Å²) in [5, 5.41) is 13.5. The van der Waals surface area contributed by atoms with Crippen LogP contribution in [0, 0.1) is 0 Å². The van der Waals surface area contributed by atoms with Crippen LogP contribution in [0.4, 0.5) is 13.2 Å². The summed E-state index contributed by atoms with van der Waals surface area (Å²) in [6.45, 7) is -0.724. The lowest BCUT2D eigenvalue weighted by atomic mass is 10.2. The van der Waals surface area contributed by atoms with Gasteiger partial charge in [0.2, 0.25) is 0 Å². The van der Waals surface area contributed by atoms with Crippen LogP contribution < -0.4 is 0 Å². The second kappa shape index (κ2) is 5.67. The molecular formula is C12H10ClF3N2OS. The Labute approximate surface area is 122 Å². The van der Waals surface area contributed by atoms with Gasteiger partial charge in [0.05, 0.1) is 6.61 Å². The van der Waals surface area contributed by atoms with E-state index in [2.05, 4.69) is 5.10 Å². The molecule has 1 aromatic carbocycles. The van der Waals surface area contributed by atoms with Crippen LogP contribution in [0.3, 0.4) is 0 Å². The molecule has 0 bridgehead atoms. The summed E-state index contributed by atoms with van der Waals surface area (Å²) in [7, 11) is 1.41. The molecule has 0 saturated carbocycles. The van der Waals surface area contributed by atoms with E-state index in [4.69, 9.17) is 11.6 Å². The summed E-state index contributed by atoms with van der Waals surface area (Å²) in [5.41, 5.74) is -1.28. The first kappa shape index (κ1) is 15.2. The zero-order valence-corrected chi connectivity index (χ0v) is 11.9. The Morgan fingerprint density at radius 1 is 1.30 bits per heavy atom. The van der Waals surface area contributed by atoms with E-state index >= 15 is 0 Å². The summed E-state index contributed by atoms with van der Waals surface area (Å²) in [6, 6.07) is 6.66. The van der Waals surface area contributed by atoms with E-state index in [9.17, 15) is 18.3 Å². The molecule has 0 atom stereocenters. The number of aliphatic hydroxyl groups excluding tert-OH is 1. The first-order valence-corrected chi connectivity index (χ1v) is 6.69. The molecule has 3 nitrogen and oxygen atoms in total. The van der Waals surface area contributed by atoms with E-state index in [0.29, 0.717) is 9.92 Å². The second-order valence-corrected chi connectivity index (χ2v) is 5.47. The Kier molecular flexibility index (Phi) is 4.31. The molecule has 8 heteroatoms. The van der Waals surface area contributed by atoms with Crippen LogP contribution in [-0.2, 0) is 19.8 Å². The molecule has 0 radical (unpaired) electrons. The van der Waals surface area contributed by atoms with Crippen LogP contribution in [-0.4, -0.2) is 14.9 Å². The summed E-state index contributed by atoms with van der Waals surface area (Å²) in [4.78, 5) is 0.709. The number of aliphatic hydroxyl groups is 1. The number of alkyl halides is 3. The molecular weight excluding hydrogens is 313 g/mol. The third-order valence-corrected chi connectivity index (χ3v) is 4.01. The smallest absolute Gasteiger partial charge is 0.391 e. The van der Waals surface area contributed by atoms with Crippen molar-refractivity contribution in [3.63, 3.8) is 0 Å². The Bertz CT molecular complexity index is 610. The van der Waals surface area contributed by atoms with Gasteiger partial charge in [0.25, 0.3) is 0 Å². The van der Waals surface area contributed by atoms with E-state index in [1.54, 1.807) is 24.3 Å². The number of benzene rings is 1. The Morgan fingerprint density at radius 3 is 2.40 bits per heavy atom. The number of aromatic nitrogens is 2. The highest BCUT2D eigenvalue weighted by Gasteiger charge is 2.38. The van der Waals surface area contributed by atoms with Gasteiger partial charge in [-0.2, -0.15) is 18.3 Å². The second-order valence-electron chi connectivity index (χ2n) is 3.97. The SMILES string of the molecule is Cn1nc(C(F)(F)F)c(CO)c1Sc1ccc(Cl)cc1. The zero-order chi connectivity index (χ0) is 14.9. The van der Waals surface area contributed by atoms with Crippen LogP contribution in [0.2, 0.25) is 5.02 Å². The minimum atomic E-state index is -4.59. The molecule has 0 saturated heterocycles. The number of halogens is 4. The Balaban J connectivity index is 2.41. The zero-order valence-electron chi connectivity index (χ0n) is 10.3. The molecule has 0 unspecified atom stereocenters. The summed E-state index contributed by atoms with van der Waals surface area (Å²) in [5.74, 6) is 0. The fraction of sp³-hybridized carbons (Fsp3) is 0.250. The van der Waals surface area contributed by atoms with E-state index in [-0.39, 0.29) is 10.6 Å². The molecule has 0 aliphatic rings. The molecule has 20 heavy (non-hydrogen) atoms. The van der Waals surface area contributed by atoms with Crippen LogP contribution in [0.1, 0.15) is 11.3 Å². The summed E-state index contributed by atoms with van der Waals surface area (Å²) < 4.78 is 39.5. The molecule has 0 spiro atoms. The van der Waals surface area contributed by atoms with Crippen LogP contribution in [0.15, 0.2) is 34.2 Å². The summed E-state index contributed by atoms with van der Waals surface area (Å²) in [6.07, 6.45) is -4.59. The molecule has 1 heterocycles. The molecule has 1 N–H and O–H groups in total. The van der Waals surface area contributed by atoms with Crippen molar-refractivity contribution in [2.75, 3.05) is 0 Å². The van der Waals surface area contributed by atoms with Crippen LogP contribution in [0.25, 0.3) is 0 Å². The van der Waals surface area contributed by atoms with Gasteiger partial charge in [-0.1, -0.05) is 23.4 Å². The van der Waals surface area contributed by atoms with E-state index in [1.165, 1.54) is 7.05 Å². The van der Waals surface area contributed by atoms with Crippen LogP contribution in [0.5, 0.6) is 0 Å². The number of aryl methyl sites for hydroxylation is 1. The highest BCUT2D eigenvalue weighted by atomic mass is 35.5. The first-order valence-electron chi connectivity index (χ1n) is 5.50. The topological polar surface area (TPSA) is 38.0 Å². The fourth-order valence-corrected chi connectivity index (χ4v) is 2.74. The molecule has 2 rings (SSSR count). The molecule has 2 aromatic rings. The maximum absolute atomic E-state index is 12.8. The quantitative estimate of drug-likeness (QED) is 0.935. The number of nitrogens with zero attached hydrogens (tertiary/aromatic N) is 2. The minimum absolute atomic E-state index is 0.222. The van der Waals surface area contributed by atoms with Gasteiger partial charge in [-0.3, -0.25) is 4.68 Å². The monoisotopic (exact) mass is 322 g/mol. The Morgan fingerprint density at radius 2 is 1.90 bits per heavy atom. The normalized spacial score (nSPS) is 11.9. The minimum Gasteiger partial charge on any atom is -0.391 e. The van der Waals surface area contributed by atoms with Crippen molar-refractivity contribution in [1.29, 1.82) is 0 Å². The molecule has 0 aliphatic heterocycles. The fourth-order valence-electron chi connectivity index (χ4n) is 1.66. The lowest BCUT2D eigenvalue weighted by Gasteiger charge is -2.06. The van der Waals surface area contributed by atoms with Crippen molar-refractivity contribution in [3.8, 4) is 0 Å². The van der Waals surface area contributed by atoms with Gasteiger partial charge in [-0.15, -0.1) is 0 Å². The van der Waals surface area contributed by atoms with E-state index < -0.39 is 18.5 Å². The van der Waals surface area contributed by atoms with Gasteiger partial charge in [0, 0.05) is 22.5 Å². The predicted octanol–water partition coefficient (Wildman–Crippen LogP) is 3.74. The molecule has 0 amide bonds. The van der Waals surface area contributed by atoms with Crippen molar-refractivity contribution in [2.24, 2.45) is 7.05 Å². The van der Waals surface area contributed by atoms with Gasteiger partial charge in [0.15, 0.2) is 5.69 Å². The molecule has 108 valence electrons. The number of rotatable bonds is 3. The van der Waals surface area contributed by atoms with Crippen molar-refractivity contribution >= 4 is 23.4 Å². The number of hydrogen-bond acceptors (Lipinski definition) is 3. The predicted molar refractivity (Wildman–Crippen MR) is 69.7 cm³/mol. The third kappa shape index (κ3) is 3.11. The first-order chi connectivity index (χ1) is 9.32.